The van der Waals surface area contributed by atoms with Crippen molar-refractivity contribution >= 4 is 28.4 Å². The summed E-state index contributed by atoms with van der Waals surface area (Å²) in [6, 6.07) is 0. The second-order valence-electron chi connectivity index (χ2n) is 4.95. The fourth-order valence-electron chi connectivity index (χ4n) is 1.92. The Hall–Kier alpha value is -0.430. The molecule has 0 aliphatic carbocycles. The molecule has 1 rings (SSSR count). The molecule has 0 amide bonds. The van der Waals surface area contributed by atoms with E-state index in [0.29, 0.717) is 5.92 Å². The summed E-state index contributed by atoms with van der Waals surface area (Å²) in [5.41, 5.74) is 1.12. The lowest BCUT2D eigenvalue weighted by molar-refractivity contribution is 0.0924. The van der Waals surface area contributed by atoms with E-state index in [4.69, 9.17) is 9.72 Å². The normalized spacial score (nSPS) is 12.8. The summed E-state index contributed by atoms with van der Waals surface area (Å²) in [7, 11) is 1.71. The number of hydrogen-bond donors (Lipinski definition) is 1. The van der Waals surface area contributed by atoms with Gasteiger partial charge in [-0.25, -0.2) is 9.97 Å². The quantitative estimate of drug-likeness (QED) is 0.735. The summed E-state index contributed by atoms with van der Waals surface area (Å²) in [5.74, 6) is 2.30. The number of rotatable bonds is 7. The molecule has 0 fully saturated rings. The van der Waals surface area contributed by atoms with Gasteiger partial charge in [0.05, 0.1) is 9.26 Å². The first-order valence-corrected chi connectivity index (χ1v) is 7.94. The van der Waals surface area contributed by atoms with Gasteiger partial charge in [0.25, 0.3) is 0 Å². The number of anilines is 1. The molecule has 0 aliphatic heterocycles. The van der Waals surface area contributed by atoms with Crippen LogP contribution < -0.4 is 5.32 Å². The lowest BCUT2D eigenvalue weighted by Crippen LogP contribution is -2.14. The zero-order chi connectivity index (χ0) is 14.4. The molecule has 0 bridgehead atoms. The van der Waals surface area contributed by atoms with Gasteiger partial charge >= 0.3 is 0 Å². The number of ether oxygens (including phenoxy) is 1. The fraction of sp³-hybridized carbons (Fsp3) is 0.714. The van der Waals surface area contributed by atoms with Gasteiger partial charge < -0.3 is 10.1 Å². The van der Waals surface area contributed by atoms with E-state index in [1.54, 1.807) is 7.11 Å². The predicted octanol–water partition coefficient (Wildman–Crippen LogP) is 3.81. The van der Waals surface area contributed by atoms with Crippen molar-refractivity contribution < 1.29 is 4.74 Å². The second kappa shape index (κ2) is 7.99. The number of nitrogens with zero attached hydrogens (tertiary/aromatic N) is 2. The maximum Gasteiger partial charge on any atom is 0.159 e. The summed E-state index contributed by atoms with van der Waals surface area (Å²) in [4.78, 5) is 9.33. The Labute approximate surface area is 129 Å². The summed E-state index contributed by atoms with van der Waals surface area (Å²) >= 11 is 2.33. The molecule has 0 aliphatic rings. The van der Waals surface area contributed by atoms with Crippen LogP contribution in [0, 0.1) is 9.49 Å². The number of nitrogens with one attached hydrogen (secondary N) is 1. The summed E-state index contributed by atoms with van der Waals surface area (Å²) < 4.78 is 6.59. The molecule has 1 heterocycles. The van der Waals surface area contributed by atoms with E-state index >= 15 is 0 Å². The van der Waals surface area contributed by atoms with Crippen LogP contribution in [0.15, 0.2) is 0 Å². The van der Waals surface area contributed by atoms with Crippen molar-refractivity contribution in [2.45, 2.75) is 46.6 Å². The Morgan fingerprint density at radius 3 is 2.42 bits per heavy atom. The smallest absolute Gasteiger partial charge is 0.159 e. The molecule has 108 valence electrons. The molecule has 0 saturated heterocycles. The molecule has 0 aromatic carbocycles. The van der Waals surface area contributed by atoms with Crippen LogP contribution in [0.4, 0.5) is 5.82 Å². The number of aromatic nitrogens is 2. The second-order valence-corrected chi connectivity index (χ2v) is 6.03. The molecule has 1 aromatic rings. The van der Waals surface area contributed by atoms with Gasteiger partial charge in [-0.3, -0.25) is 0 Å². The summed E-state index contributed by atoms with van der Waals surface area (Å²) in [5, 5.41) is 3.32. The van der Waals surface area contributed by atoms with Crippen LogP contribution in [0.25, 0.3) is 0 Å². The molecule has 0 saturated carbocycles. The van der Waals surface area contributed by atoms with E-state index in [2.05, 4.69) is 60.6 Å². The van der Waals surface area contributed by atoms with Crippen LogP contribution in [0.1, 0.15) is 51.7 Å². The molecule has 19 heavy (non-hydrogen) atoms. The number of halogens is 1. The van der Waals surface area contributed by atoms with E-state index in [-0.39, 0.29) is 6.10 Å². The zero-order valence-corrected chi connectivity index (χ0v) is 14.6. The molecule has 1 atom stereocenters. The van der Waals surface area contributed by atoms with E-state index in [1.807, 2.05) is 0 Å². The van der Waals surface area contributed by atoms with Crippen molar-refractivity contribution in [3.8, 4) is 0 Å². The highest BCUT2D eigenvalue weighted by molar-refractivity contribution is 14.1. The van der Waals surface area contributed by atoms with Crippen molar-refractivity contribution in [1.82, 2.24) is 9.97 Å². The van der Waals surface area contributed by atoms with Gasteiger partial charge in [0.15, 0.2) is 5.82 Å². The highest BCUT2D eigenvalue weighted by atomic mass is 127. The highest BCUT2D eigenvalue weighted by Crippen LogP contribution is 2.25. The van der Waals surface area contributed by atoms with Crippen LogP contribution >= 0.6 is 22.6 Å². The first-order valence-electron chi connectivity index (χ1n) is 6.86. The zero-order valence-electron chi connectivity index (χ0n) is 12.5. The van der Waals surface area contributed by atoms with E-state index < -0.39 is 0 Å². The van der Waals surface area contributed by atoms with E-state index in [0.717, 1.165) is 40.3 Å². The Morgan fingerprint density at radius 2 is 1.95 bits per heavy atom. The standard InChI is InChI=1S/C14H24IN3O/c1-6-11(19-5)13-17-10(8-9(3)4)12(15)14(18-13)16-7-2/h9,11H,6-8H2,1-5H3,(H,16,17,18). The van der Waals surface area contributed by atoms with Crippen molar-refractivity contribution in [2.75, 3.05) is 19.0 Å². The van der Waals surface area contributed by atoms with Crippen molar-refractivity contribution in [1.29, 1.82) is 0 Å². The van der Waals surface area contributed by atoms with E-state index in [9.17, 15) is 0 Å². The van der Waals surface area contributed by atoms with Crippen LogP contribution in [-0.4, -0.2) is 23.6 Å². The molecule has 1 aromatic heterocycles. The van der Waals surface area contributed by atoms with Crippen LogP contribution in [-0.2, 0) is 11.2 Å². The molecule has 1 unspecified atom stereocenters. The molecule has 4 nitrogen and oxygen atoms in total. The Kier molecular flexibility index (Phi) is 6.99. The van der Waals surface area contributed by atoms with Crippen molar-refractivity contribution in [3.63, 3.8) is 0 Å². The van der Waals surface area contributed by atoms with Gasteiger partial charge in [0.1, 0.15) is 11.9 Å². The average Bonchev–Trinajstić information content (AvgIpc) is 2.36. The fourth-order valence-corrected chi connectivity index (χ4v) is 2.57. The molecule has 0 radical (unpaired) electrons. The van der Waals surface area contributed by atoms with Crippen LogP contribution in [0.5, 0.6) is 0 Å². The van der Waals surface area contributed by atoms with Crippen LogP contribution in [0.3, 0.4) is 0 Å². The van der Waals surface area contributed by atoms with Crippen molar-refractivity contribution in [3.05, 3.63) is 15.1 Å². The SMILES string of the molecule is CCNc1nc(C(CC)OC)nc(CC(C)C)c1I. The minimum atomic E-state index is -0.0275. The predicted molar refractivity (Wildman–Crippen MR) is 87.5 cm³/mol. The minimum Gasteiger partial charge on any atom is -0.373 e. The third-order valence-corrected chi connectivity index (χ3v) is 3.96. The van der Waals surface area contributed by atoms with Gasteiger partial charge in [-0.05, 0) is 48.3 Å². The first-order chi connectivity index (χ1) is 9.03. The Bertz CT molecular complexity index is 406. The van der Waals surface area contributed by atoms with Gasteiger partial charge in [0.2, 0.25) is 0 Å². The third kappa shape index (κ3) is 4.56. The maximum atomic E-state index is 5.46. The monoisotopic (exact) mass is 377 g/mol. The van der Waals surface area contributed by atoms with E-state index in [1.165, 1.54) is 0 Å². The van der Waals surface area contributed by atoms with Gasteiger partial charge in [-0.2, -0.15) is 0 Å². The lowest BCUT2D eigenvalue weighted by atomic mass is 10.1. The average molecular weight is 377 g/mol. The van der Waals surface area contributed by atoms with Gasteiger partial charge in [-0.15, -0.1) is 0 Å². The highest BCUT2D eigenvalue weighted by Gasteiger charge is 2.18. The lowest BCUT2D eigenvalue weighted by Gasteiger charge is -2.17. The van der Waals surface area contributed by atoms with Gasteiger partial charge in [-0.1, -0.05) is 20.8 Å². The summed E-state index contributed by atoms with van der Waals surface area (Å²) in [6.45, 7) is 9.44. The molecule has 1 N–H and O–H groups in total. The number of hydrogen-bond acceptors (Lipinski definition) is 4. The topological polar surface area (TPSA) is 47.0 Å². The first kappa shape index (κ1) is 16.6. The third-order valence-electron chi connectivity index (χ3n) is 2.83. The molecular weight excluding hydrogens is 353 g/mol. The molecule has 5 heteroatoms. The number of methoxy groups -OCH3 is 1. The molecular formula is C14H24IN3O. The largest absolute Gasteiger partial charge is 0.373 e. The summed E-state index contributed by atoms with van der Waals surface area (Å²) in [6.07, 6.45) is 1.82. The van der Waals surface area contributed by atoms with Crippen molar-refractivity contribution in [2.24, 2.45) is 5.92 Å². The van der Waals surface area contributed by atoms with Crippen LogP contribution in [0.2, 0.25) is 0 Å². The minimum absolute atomic E-state index is 0.0275. The maximum absolute atomic E-state index is 5.46. The Morgan fingerprint density at radius 1 is 1.26 bits per heavy atom. The van der Waals surface area contributed by atoms with Gasteiger partial charge in [0, 0.05) is 13.7 Å². The molecule has 0 spiro atoms. The Balaban J connectivity index is 3.21.